The Kier molecular flexibility index (Phi) is 58.6. The van der Waals surface area contributed by atoms with Gasteiger partial charge in [0, 0.05) is 6.42 Å². The molecule has 0 aliphatic carbocycles. The van der Waals surface area contributed by atoms with Crippen molar-refractivity contribution >= 4 is 13.7 Å². The zero-order valence-corrected chi connectivity index (χ0v) is 53.6. The molecule has 0 aliphatic rings. The van der Waals surface area contributed by atoms with E-state index in [2.05, 4.69) is 116 Å². The van der Waals surface area contributed by atoms with E-state index >= 15 is 0 Å². The highest BCUT2D eigenvalue weighted by atomic mass is 31.2. The van der Waals surface area contributed by atoms with Gasteiger partial charge in [0.25, 0.3) is 7.82 Å². The van der Waals surface area contributed by atoms with E-state index in [9.17, 15) is 19.4 Å². The summed E-state index contributed by atoms with van der Waals surface area (Å²) in [6.07, 6.45) is 89.2. The van der Waals surface area contributed by atoms with Crippen molar-refractivity contribution in [3.05, 3.63) is 109 Å². The molecule has 0 saturated heterocycles. The number of hydrogen-bond donors (Lipinski definition) is 2. The van der Waals surface area contributed by atoms with Gasteiger partial charge in [-0.2, -0.15) is 0 Å². The first kappa shape index (κ1) is 77.2. The van der Waals surface area contributed by atoms with E-state index in [-0.39, 0.29) is 12.5 Å². The standard InChI is InChI=1S/C71H127N2O6P/c1-6-8-10-12-14-16-18-20-22-24-26-28-30-32-34-35-36-37-39-40-42-44-46-48-50-52-54-56-58-60-62-64-70(74)69(68-79-80(76,77)78-67-66-73(3,4)5)72-71(75)65-63-61-59-57-55-53-51-49-47-45-43-41-38-33-31-29-27-25-23-21-19-17-15-13-11-9-7-2/h9,11,15,17,21,23,27,29,33,38,43,45,49,51,54,56,62,64,69-70,74H,6-8,10,12-14,16,18-20,22,24-26,28,30-32,34-37,39-42,44,46-48,50,52-53,55,57-61,63,65-68H2,1-5H3,(H-,72,75,76,77)/b11-9-,17-15-,23-21-,29-27-,38-33-,45-43-,51-49-,56-54+,64-62+. The van der Waals surface area contributed by atoms with Gasteiger partial charge in [-0.1, -0.05) is 297 Å². The SMILES string of the molecule is CC/C=C\C/C=C\C/C=C\C/C=C\C/C=C\C/C=C\C/C=C\CCCCCCCC(=O)NC(COP(=O)([O-])OCC[N+](C)(C)C)C(O)/C=C/CC/C=C/CCCCCCCCCCCCCCCCCCCCCCCCCCC. The highest BCUT2D eigenvalue weighted by molar-refractivity contribution is 7.45. The quantitative estimate of drug-likeness (QED) is 0.0272. The summed E-state index contributed by atoms with van der Waals surface area (Å²) in [6, 6.07) is -0.924. The number of aliphatic hydroxyl groups is 1. The number of amides is 1. The van der Waals surface area contributed by atoms with Crippen molar-refractivity contribution < 1.29 is 32.9 Å². The summed E-state index contributed by atoms with van der Waals surface area (Å²) in [5, 5.41) is 13.9. The second-order valence-corrected chi connectivity index (χ2v) is 24.8. The zero-order valence-electron chi connectivity index (χ0n) is 52.7. The van der Waals surface area contributed by atoms with Crippen LogP contribution in [0.4, 0.5) is 0 Å². The Labute approximate surface area is 495 Å². The predicted molar refractivity (Wildman–Crippen MR) is 348 cm³/mol. The van der Waals surface area contributed by atoms with Gasteiger partial charge in [-0.05, 0) is 89.9 Å². The number of likely N-dealkylation sites (N-methyl/N-ethyl adjacent to an activating group) is 1. The molecule has 0 aliphatic heterocycles. The number of nitrogens with zero attached hydrogens (tertiary/aromatic N) is 1. The summed E-state index contributed by atoms with van der Waals surface area (Å²) in [5.41, 5.74) is 0. The second kappa shape index (κ2) is 60.7. The summed E-state index contributed by atoms with van der Waals surface area (Å²) in [6.45, 7) is 4.51. The number of phosphoric acid groups is 1. The minimum absolute atomic E-state index is 0.0163. The topological polar surface area (TPSA) is 108 Å². The Balaban J connectivity index is 4.22. The van der Waals surface area contributed by atoms with Crippen LogP contribution in [0.1, 0.15) is 284 Å². The number of aliphatic hydroxyl groups excluding tert-OH is 1. The Morgan fingerprint density at radius 2 is 0.775 bits per heavy atom. The molecule has 0 bridgehead atoms. The number of allylic oxidation sites excluding steroid dienone is 17. The van der Waals surface area contributed by atoms with Crippen LogP contribution in [0.3, 0.4) is 0 Å². The van der Waals surface area contributed by atoms with E-state index in [4.69, 9.17) is 9.05 Å². The van der Waals surface area contributed by atoms with Gasteiger partial charge in [0.2, 0.25) is 5.91 Å². The largest absolute Gasteiger partial charge is 0.756 e. The summed E-state index contributed by atoms with van der Waals surface area (Å²) in [4.78, 5) is 25.6. The van der Waals surface area contributed by atoms with E-state index in [0.29, 0.717) is 17.4 Å². The smallest absolute Gasteiger partial charge is 0.268 e. The number of rotatable bonds is 60. The number of quaternary nitrogens is 1. The van der Waals surface area contributed by atoms with Gasteiger partial charge in [0.1, 0.15) is 13.2 Å². The minimum Gasteiger partial charge on any atom is -0.756 e. The molecule has 0 saturated carbocycles. The fraction of sp³-hybridized carbons (Fsp3) is 0.732. The molecule has 3 unspecified atom stereocenters. The molecule has 80 heavy (non-hydrogen) atoms. The lowest BCUT2D eigenvalue weighted by Crippen LogP contribution is -2.45. The van der Waals surface area contributed by atoms with E-state index in [1.165, 1.54) is 161 Å². The average molecular weight is 1140 g/mol. The third-order valence-electron chi connectivity index (χ3n) is 14.5. The summed E-state index contributed by atoms with van der Waals surface area (Å²) in [7, 11) is 1.22. The first-order chi connectivity index (χ1) is 39.0. The van der Waals surface area contributed by atoms with Crippen LogP contribution in [0.5, 0.6) is 0 Å². The fourth-order valence-electron chi connectivity index (χ4n) is 9.33. The molecule has 0 rings (SSSR count). The molecular formula is C71H127N2O6P. The number of carbonyl (C=O) groups excluding carboxylic acids is 1. The van der Waals surface area contributed by atoms with Gasteiger partial charge in [-0.25, -0.2) is 0 Å². The number of carbonyl (C=O) groups is 1. The Bertz CT molecular complexity index is 1670. The van der Waals surface area contributed by atoms with Crippen molar-refractivity contribution in [1.29, 1.82) is 0 Å². The van der Waals surface area contributed by atoms with Crippen molar-refractivity contribution in [2.75, 3.05) is 40.9 Å². The molecule has 1 amide bonds. The Hall–Kier alpha value is -2.84. The second-order valence-electron chi connectivity index (χ2n) is 23.4. The van der Waals surface area contributed by atoms with Crippen LogP contribution >= 0.6 is 7.82 Å². The van der Waals surface area contributed by atoms with Crippen molar-refractivity contribution in [1.82, 2.24) is 5.32 Å². The first-order valence-corrected chi connectivity index (χ1v) is 34.7. The number of phosphoric ester groups is 1. The molecule has 0 aromatic rings. The van der Waals surface area contributed by atoms with Gasteiger partial charge in [-0.15, -0.1) is 0 Å². The molecule has 0 aromatic carbocycles. The summed E-state index contributed by atoms with van der Waals surface area (Å²) >= 11 is 0. The highest BCUT2D eigenvalue weighted by Gasteiger charge is 2.23. The molecule has 462 valence electrons. The van der Waals surface area contributed by atoms with Gasteiger partial charge >= 0.3 is 0 Å². The van der Waals surface area contributed by atoms with Crippen LogP contribution in [0.15, 0.2) is 109 Å². The summed E-state index contributed by atoms with van der Waals surface area (Å²) < 4.78 is 23.4. The van der Waals surface area contributed by atoms with Crippen LogP contribution in [0.25, 0.3) is 0 Å². The van der Waals surface area contributed by atoms with Crippen LogP contribution in [-0.2, 0) is 18.4 Å². The monoisotopic (exact) mass is 1130 g/mol. The lowest BCUT2D eigenvalue weighted by Gasteiger charge is -2.29. The molecule has 9 heteroatoms. The maximum absolute atomic E-state index is 13.0. The maximum atomic E-state index is 13.0. The van der Waals surface area contributed by atoms with Crippen LogP contribution < -0.4 is 10.2 Å². The van der Waals surface area contributed by atoms with Crippen molar-refractivity contribution in [2.45, 2.75) is 296 Å². The third-order valence-corrected chi connectivity index (χ3v) is 15.4. The lowest BCUT2D eigenvalue weighted by atomic mass is 10.0. The average Bonchev–Trinajstić information content (AvgIpc) is 3.42. The molecule has 0 heterocycles. The number of hydrogen-bond acceptors (Lipinski definition) is 6. The molecule has 0 fully saturated rings. The highest BCUT2D eigenvalue weighted by Crippen LogP contribution is 2.38. The Morgan fingerprint density at radius 3 is 1.16 bits per heavy atom. The van der Waals surface area contributed by atoms with Gasteiger partial charge in [-0.3, -0.25) is 9.36 Å². The number of unbranched alkanes of at least 4 members (excludes halogenated alkanes) is 31. The third kappa shape index (κ3) is 62.8. The summed E-state index contributed by atoms with van der Waals surface area (Å²) in [5.74, 6) is -0.228. The zero-order chi connectivity index (χ0) is 58.4. The van der Waals surface area contributed by atoms with Crippen molar-refractivity contribution in [3.63, 3.8) is 0 Å². The molecule has 2 N–H and O–H groups in total. The molecular weight excluding hydrogens is 1010 g/mol. The fourth-order valence-corrected chi connectivity index (χ4v) is 10.1. The molecule has 0 radical (unpaired) electrons. The minimum atomic E-state index is -4.63. The Morgan fingerprint density at radius 1 is 0.450 bits per heavy atom. The van der Waals surface area contributed by atoms with E-state index in [1.807, 2.05) is 27.2 Å². The van der Waals surface area contributed by atoms with Gasteiger partial charge < -0.3 is 28.8 Å². The normalized spacial score (nSPS) is 14.4. The van der Waals surface area contributed by atoms with Gasteiger partial charge in [0.05, 0.1) is 39.9 Å². The molecule has 0 aromatic heterocycles. The predicted octanol–water partition coefficient (Wildman–Crippen LogP) is 20.5. The first-order valence-electron chi connectivity index (χ1n) is 33.2. The van der Waals surface area contributed by atoms with Crippen LogP contribution in [0, 0.1) is 0 Å². The lowest BCUT2D eigenvalue weighted by molar-refractivity contribution is -0.870. The van der Waals surface area contributed by atoms with E-state index < -0.39 is 26.6 Å². The maximum Gasteiger partial charge on any atom is 0.268 e. The van der Waals surface area contributed by atoms with E-state index in [0.717, 1.165) is 103 Å². The van der Waals surface area contributed by atoms with Crippen LogP contribution in [0.2, 0.25) is 0 Å². The van der Waals surface area contributed by atoms with Crippen molar-refractivity contribution in [3.8, 4) is 0 Å². The molecule has 0 spiro atoms. The number of nitrogens with one attached hydrogen (secondary N) is 1. The molecule has 3 atom stereocenters. The van der Waals surface area contributed by atoms with E-state index in [1.54, 1.807) is 6.08 Å². The van der Waals surface area contributed by atoms with Gasteiger partial charge in [0.15, 0.2) is 0 Å². The van der Waals surface area contributed by atoms with Crippen molar-refractivity contribution in [2.24, 2.45) is 0 Å². The molecule has 8 nitrogen and oxygen atoms in total. The van der Waals surface area contributed by atoms with Crippen LogP contribution in [-0.4, -0.2) is 68.5 Å².